The van der Waals surface area contributed by atoms with E-state index in [0.29, 0.717) is 17.7 Å². The zero-order valence-corrected chi connectivity index (χ0v) is 13.6. The SMILES string of the molecule is CC1CC(C)CN(C(=O)C2CCCN(c3cnccn3)C2)C1. The van der Waals surface area contributed by atoms with E-state index in [1.54, 1.807) is 18.6 Å². The molecule has 0 bridgehead atoms. The second kappa shape index (κ2) is 6.63. The quantitative estimate of drug-likeness (QED) is 0.840. The molecule has 0 N–H and O–H groups in total. The minimum atomic E-state index is 0.105. The normalized spacial score (nSPS) is 29.5. The van der Waals surface area contributed by atoms with E-state index >= 15 is 0 Å². The molecule has 3 unspecified atom stereocenters. The van der Waals surface area contributed by atoms with Crippen LogP contribution in [-0.4, -0.2) is 47.0 Å². The van der Waals surface area contributed by atoms with Gasteiger partial charge in [0, 0.05) is 38.6 Å². The van der Waals surface area contributed by atoms with Gasteiger partial charge >= 0.3 is 0 Å². The second-order valence-electron chi connectivity index (χ2n) is 7.04. The monoisotopic (exact) mass is 302 g/mol. The lowest BCUT2D eigenvalue weighted by atomic mass is 9.89. The van der Waals surface area contributed by atoms with E-state index in [4.69, 9.17) is 0 Å². The van der Waals surface area contributed by atoms with Crippen LogP contribution < -0.4 is 4.90 Å². The summed E-state index contributed by atoms with van der Waals surface area (Å²) in [6.07, 6.45) is 8.47. The molecule has 120 valence electrons. The predicted molar refractivity (Wildman–Crippen MR) is 86.5 cm³/mol. The van der Waals surface area contributed by atoms with Gasteiger partial charge in [0.05, 0.1) is 12.1 Å². The number of piperidine rings is 2. The summed E-state index contributed by atoms with van der Waals surface area (Å²) < 4.78 is 0. The maximum absolute atomic E-state index is 12.9. The van der Waals surface area contributed by atoms with Crippen molar-refractivity contribution in [3.05, 3.63) is 18.6 Å². The van der Waals surface area contributed by atoms with Gasteiger partial charge in [-0.3, -0.25) is 9.78 Å². The van der Waals surface area contributed by atoms with Crippen molar-refractivity contribution in [2.24, 2.45) is 17.8 Å². The first-order valence-corrected chi connectivity index (χ1v) is 8.43. The molecule has 1 aromatic rings. The topological polar surface area (TPSA) is 49.3 Å². The minimum absolute atomic E-state index is 0.105. The van der Waals surface area contributed by atoms with Crippen molar-refractivity contribution in [2.75, 3.05) is 31.1 Å². The number of likely N-dealkylation sites (tertiary alicyclic amines) is 1. The smallest absolute Gasteiger partial charge is 0.227 e. The van der Waals surface area contributed by atoms with Gasteiger partial charge in [-0.1, -0.05) is 13.8 Å². The first-order chi connectivity index (χ1) is 10.6. The molecular weight excluding hydrogens is 276 g/mol. The molecule has 0 aliphatic carbocycles. The van der Waals surface area contributed by atoms with Crippen molar-refractivity contribution in [1.82, 2.24) is 14.9 Å². The van der Waals surface area contributed by atoms with Crippen LogP contribution in [0.3, 0.4) is 0 Å². The molecule has 0 saturated carbocycles. The van der Waals surface area contributed by atoms with Gasteiger partial charge < -0.3 is 9.80 Å². The maximum atomic E-state index is 12.9. The van der Waals surface area contributed by atoms with Crippen LogP contribution in [0.2, 0.25) is 0 Å². The van der Waals surface area contributed by atoms with E-state index in [1.807, 2.05) is 0 Å². The molecule has 5 nitrogen and oxygen atoms in total. The minimum Gasteiger partial charge on any atom is -0.355 e. The fourth-order valence-electron chi connectivity index (χ4n) is 3.94. The van der Waals surface area contributed by atoms with Gasteiger partial charge in [-0.05, 0) is 31.1 Å². The summed E-state index contributed by atoms with van der Waals surface area (Å²) in [6.45, 7) is 8.09. The Kier molecular flexibility index (Phi) is 4.60. The van der Waals surface area contributed by atoms with Gasteiger partial charge in [0.1, 0.15) is 5.82 Å². The summed E-state index contributed by atoms with van der Waals surface area (Å²) in [7, 11) is 0. The lowest BCUT2D eigenvalue weighted by molar-refractivity contribution is -0.138. The largest absolute Gasteiger partial charge is 0.355 e. The Bertz CT molecular complexity index is 497. The van der Waals surface area contributed by atoms with E-state index in [0.717, 1.165) is 44.8 Å². The fraction of sp³-hybridized carbons (Fsp3) is 0.706. The zero-order chi connectivity index (χ0) is 15.5. The van der Waals surface area contributed by atoms with Crippen LogP contribution in [0.15, 0.2) is 18.6 Å². The van der Waals surface area contributed by atoms with Gasteiger partial charge in [0.2, 0.25) is 5.91 Å². The van der Waals surface area contributed by atoms with Crippen molar-refractivity contribution in [3.63, 3.8) is 0 Å². The number of aromatic nitrogens is 2. The Balaban J connectivity index is 1.65. The van der Waals surface area contributed by atoms with E-state index in [2.05, 4.69) is 33.6 Å². The lowest BCUT2D eigenvalue weighted by Crippen LogP contribution is -2.49. The van der Waals surface area contributed by atoms with Crippen LogP contribution in [0, 0.1) is 17.8 Å². The first kappa shape index (κ1) is 15.3. The van der Waals surface area contributed by atoms with Crippen LogP contribution >= 0.6 is 0 Å². The third kappa shape index (κ3) is 3.39. The molecule has 3 rings (SSSR count). The highest BCUT2D eigenvalue weighted by Crippen LogP contribution is 2.26. The highest BCUT2D eigenvalue weighted by molar-refractivity contribution is 5.80. The van der Waals surface area contributed by atoms with Crippen molar-refractivity contribution in [1.29, 1.82) is 0 Å². The molecule has 2 fully saturated rings. The second-order valence-corrected chi connectivity index (χ2v) is 7.04. The summed E-state index contributed by atoms with van der Waals surface area (Å²) in [5.41, 5.74) is 0. The van der Waals surface area contributed by atoms with E-state index in [1.165, 1.54) is 6.42 Å². The molecule has 2 aliphatic rings. The van der Waals surface area contributed by atoms with Crippen LogP contribution in [0.4, 0.5) is 5.82 Å². The Labute approximate surface area is 132 Å². The highest BCUT2D eigenvalue weighted by Gasteiger charge is 2.33. The third-order valence-corrected chi connectivity index (χ3v) is 4.82. The predicted octanol–water partition coefficient (Wildman–Crippen LogP) is 2.20. The van der Waals surface area contributed by atoms with Crippen LogP contribution in [0.5, 0.6) is 0 Å². The van der Waals surface area contributed by atoms with Gasteiger partial charge in [0.25, 0.3) is 0 Å². The first-order valence-electron chi connectivity index (χ1n) is 8.43. The lowest BCUT2D eigenvalue weighted by Gasteiger charge is -2.39. The molecular formula is C17H26N4O. The molecule has 5 heteroatoms. The summed E-state index contributed by atoms with van der Waals surface area (Å²) in [5, 5.41) is 0. The van der Waals surface area contributed by atoms with Crippen molar-refractivity contribution < 1.29 is 4.79 Å². The number of rotatable bonds is 2. The number of nitrogens with zero attached hydrogens (tertiary/aromatic N) is 4. The Hall–Kier alpha value is -1.65. The van der Waals surface area contributed by atoms with Gasteiger partial charge in [-0.25, -0.2) is 4.98 Å². The van der Waals surface area contributed by atoms with Gasteiger partial charge in [-0.2, -0.15) is 0 Å². The Morgan fingerprint density at radius 1 is 1.18 bits per heavy atom. The number of carbonyl (C=O) groups is 1. The number of hydrogen-bond donors (Lipinski definition) is 0. The highest BCUT2D eigenvalue weighted by atomic mass is 16.2. The standard InChI is InChI=1S/C17H26N4O/c1-13-8-14(2)11-21(10-13)17(22)15-4-3-7-20(12-15)16-9-18-5-6-19-16/h5-6,9,13-15H,3-4,7-8,10-12H2,1-2H3. The summed E-state index contributed by atoms with van der Waals surface area (Å²) in [5.74, 6) is 2.57. The molecule has 2 saturated heterocycles. The zero-order valence-electron chi connectivity index (χ0n) is 13.6. The fourth-order valence-corrected chi connectivity index (χ4v) is 3.94. The average Bonchev–Trinajstić information content (AvgIpc) is 2.54. The summed E-state index contributed by atoms with van der Waals surface area (Å²) >= 11 is 0. The summed E-state index contributed by atoms with van der Waals surface area (Å²) in [6, 6.07) is 0. The maximum Gasteiger partial charge on any atom is 0.227 e. The Morgan fingerprint density at radius 2 is 1.95 bits per heavy atom. The molecule has 22 heavy (non-hydrogen) atoms. The average molecular weight is 302 g/mol. The molecule has 2 aliphatic heterocycles. The van der Waals surface area contributed by atoms with Gasteiger partial charge in [0.15, 0.2) is 0 Å². The molecule has 0 aromatic carbocycles. The van der Waals surface area contributed by atoms with E-state index < -0.39 is 0 Å². The van der Waals surface area contributed by atoms with Gasteiger partial charge in [-0.15, -0.1) is 0 Å². The van der Waals surface area contributed by atoms with Crippen LogP contribution in [-0.2, 0) is 4.79 Å². The van der Waals surface area contributed by atoms with E-state index in [-0.39, 0.29) is 5.92 Å². The number of hydrogen-bond acceptors (Lipinski definition) is 4. The molecule has 0 radical (unpaired) electrons. The molecule has 0 spiro atoms. The summed E-state index contributed by atoms with van der Waals surface area (Å²) in [4.78, 5) is 25.7. The van der Waals surface area contributed by atoms with Crippen LogP contribution in [0.25, 0.3) is 0 Å². The molecule has 3 heterocycles. The molecule has 1 amide bonds. The third-order valence-electron chi connectivity index (χ3n) is 4.82. The number of amides is 1. The van der Waals surface area contributed by atoms with Crippen molar-refractivity contribution in [3.8, 4) is 0 Å². The number of anilines is 1. The number of carbonyl (C=O) groups excluding carboxylic acids is 1. The van der Waals surface area contributed by atoms with Crippen molar-refractivity contribution in [2.45, 2.75) is 33.1 Å². The molecule has 3 atom stereocenters. The van der Waals surface area contributed by atoms with Crippen LogP contribution in [0.1, 0.15) is 33.1 Å². The van der Waals surface area contributed by atoms with Crippen molar-refractivity contribution >= 4 is 11.7 Å². The van der Waals surface area contributed by atoms with E-state index in [9.17, 15) is 4.79 Å². The Morgan fingerprint density at radius 3 is 2.64 bits per heavy atom. The molecule has 1 aromatic heterocycles.